The molecule has 3 nitrogen and oxygen atoms in total. The molecule has 0 saturated heterocycles. The molecule has 78 valence electrons. The predicted molar refractivity (Wildman–Crippen MR) is 51.7 cm³/mol. The molecular formula is C10H20O3. The van der Waals surface area contributed by atoms with Gasteiger partial charge in [0.05, 0.1) is 18.6 Å². The van der Waals surface area contributed by atoms with Crippen molar-refractivity contribution < 1.29 is 14.6 Å². The maximum Gasteiger partial charge on any atom is 0.303 e. The summed E-state index contributed by atoms with van der Waals surface area (Å²) in [5.41, 5.74) is -0.175. The molecule has 0 spiro atoms. The van der Waals surface area contributed by atoms with E-state index >= 15 is 0 Å². The number of hydrogen-bond acceptors (Lipinski definition) is 2. The molecule has 0 rings (SSSR count). The van der Waals surface area contributed by atoms with Gasteiger partial charge < -0.3 is 9.84 Å². The quantitative estimate of drug-likeness (QED) is 0.720. The van der Waals surface area contributed by atoms with Gasteiger partial charge in [0, 0.05) is 0 Å². The molecule has 0 aromatic rings. The van der Waals surface area contributed by atoms with E-state index in [2.05, 4.69) is 0 Å². The van der Waals surface area contributed by atoms with Gasteiger partial charge in [-0.25, -0.2) is 0 Å². The van der Waals surface area contributed by atoms with E-state index in [1.54, 1.807) is 0 Å². The topological polar surface area (TPSA) is 46.5 Å². The molecule has 1 unspecified atom stereocenters. The minimum absolute atomic E-state index is 0.136. The van der Waals surface area contributed by atoms with Gasteiger partial charge in [0.15, 0.2) is 0 Å². The second-order valence-corrected chi connectivity index (χ2v) is 4.30. The first-order valence-corrected chi connectivity index (χ1v) is 4.71. The summed E-state index contributed by atoms with van der Waals surface area (Å²) in [5.74, 6) is -0.610. The van der Waals surface area contributed by atoms with Crippen molar-refractivity contribution in [2.45, 2.75) is 46.1 Å². The summed E-state index contributed by atoms with van der Waals surface area (Å²) in [7, 11) is 0. The minimum atomic E-state index is -0.746. The summed E-state index contributed by atoms with van der Waals surface area (Å²) in [6.45, 7) is 8.44. The molecule has 0 aliphatic heterocycles. The summed E-state index contributed by atoms with van der Waals surface area (Å²) >= 11 is 0. The van der Waals surface area contributed by atoms with E-state index in [0.717, 1.165) is 6.42 Å². The van der Waals surface area contributed by atoms with Crippen molar-refractivity contribution in [2.24, 2.45) is 5.92 Å². The molecule has 0 aliphatic rings. The zero-order valence-corrected chi connectivity index (χ0v) is 8.96. The van der Waals surface area contributed by atoms with Crippen LogP contribution in [-0.4, -0.2) is 23.3 Å². The van der Waals surface area contributed by atoms with Crippen molar-refractivity contribution in [3.63, 3.8) is 0 Å². The van der Waals surface area contributed by atoms with E-state index in [0.29, 0.717) is 6.61 Å². The Morgan fingerprint density at radius 3 is 2.31 bits per heavy atom. The van der Waals surface area contributed by atoms with E-state index in [4.69, 9.17) is 9.84 Å². The van der Waals surface area contributed by atoms with Gasteiger partial charge in [-0.15, -0.1) is 0 Å². The van der Waals surface area contributed by atoms with Gasteiger partial charge in [0.25, 0.3) is 0 Å². The molecule has 1 atom stereocenters. The Hall–Kier alpha value is -0.570. The minimum Gasteiger partial charge on any atom is -0.481 e. The molecule has 13 heavy (non-hydrogen) atoms. The molecule has 3 heteroatoms. The van der Waals surface area contributed by atoms with Crippen LogP contribution in [-0.2, 0) is 9.53 Å². The first-order chi connectivity index (χ1) is 5.85. The summed E-state index contributed by atoms with van der Waals surface area (Å²) < 4.78 is 5.52. The monoisotopic (exact) mass is 188 g/mol. The zero-order chi connectivity index (χ0) is 10.5. The molecule has 0 amide bonds. The van der Waals surface area contributed by atoms with Crippen molar-refractivity contribution in [1.82, 2.24) is 0 Å². The van der Waals surface area contributed by atoms with Gasteiger partial charge in [0.2, 0.25) is 0 Å². The van der Waals surface area contributed by atoms with Crippen molar-refractivity contribution >= 4 is 5.97 Å². The van der Waals surface area contributed by atoms with Crippen LogP contribution in [0, 0.1) is 5.92 Å². The lowest BCUT2D eigenvalue weighted by atomic mass is 10.0. The van der Waals surface area contributed by atoms with Crippen molar-refractivity contribution in [3.05, 3.63) is 0 Å². The zero-order valence-electron chi connectivity index (χ0n) is 8.96. The number of aliphatic carboxylic acids is 1. The van der Waals surface area contributed by atoms with E-state index in [1.165, 1.54) is 0 Å². The molecule has 0 aromatic heterocycles. The largest absolute Gasteiger partial charge is 0.481 e. The first kappa shape index (κ1) is 12.4. The Kier molecular flexibility index (Phi) is 4.99. The summed E-state index contributed by atoms with van der Waals surface area (Å²) in [5, 5.41) is 8.59. The van der Waals surface area contributed by atoms with Gasteiger partial charge >= 0.3 is 5.97 Å². The maximum atomic E-state index is 10.4. The summed E-state index contributed by atoms with van der Waals surface area (Å²) in [6, 6.07) is 0. The Balaban J connectivity index is 3.79. The average Bonchev–Trinajstić information content (AvgIpc) is 1.95. The Labute approximate surface area is 80.1 Å². The Morgan fingerprint density at radius 2 is 2.00 bits per heavy atom. The van der Waals surface area contributed by atoms with Crippen LogP contribution in [0.1, 0.15) is 40.5 Å². The van der Waals surface area contributed by atoms with Crippen LogP contribution in [0.4, 0.5) is 0 Å². The lowest BCUT2D eigenvalue weighted by molar-refractivity contribution is -0.139. The van der Waals surface area contributed by atoms with Gasteiger partial charge in [0.1, 0.15) is 0 Å². The van der Waals surface area contributed by atoms with Gasteiger partial charge in [-0.3, -0.25) is 4.79 Å². The van der Waals surface area contributed by atoms with Crippen molar-refractivity contribution in [2.75, 3.05) is 6.61 Å². The molecule has 0 aliphatic carbocycles. The third-order valence-electron chi connectivity index (χ3n) is 1.79. The van der Waals surface area contributed by atoms with Crippen LogP contribution in [0.5, 0.6) is 0 Å². The van der Waals surface area contributed by atoms with Crippen LogP contribution in [0.15, 0.2) is 0 Å². The van der Waals surface area contributed by atoms with Gasteiger partial charge in [-0.1, -0.05) is 13.3 Å². The maximum absolute atomic E-state index is 10.4. The van der Waals surface area contributed by atoms with Gasteiger partial charge in [-0.2, -0.15) is 0 Å². The fraction of sp³-hybridized carbons (Fsp3) is 0.900. The standard InChI is InChI=1S/C10H20O3/c1-5-8(6-9(11)12)7-13-10(2,3)4/h8H,5-7H2,1-4H3,(H,11,12). The number of carboxylic acids is 1. The van der Waals surface area contributed by atoms with Crippen LogP contribution < -0.4 is 0 Å². The highest BCUT2D eigenvalue weighted by molar-refractivity contribution is 5.66. The molecule has 0 fully saturated rings. The third kappa shape index (κ3) is 7.78. The summed E-state index contributed by atoms with van der Waals surface area (Å²) in [6.07, 6.45) is 1.05. The van der Waals surface area contributed by atoms with Crippen LogP contribution in [0.3, 0.4) is 0 Å². The van der Waals surface area contributed by atoms with Crippen LogP contribution in [0.25, 0.3) is 0 Å². The molecule has 0 heterocycles. The molecule has 0 bridgehead atoms. The van der Waals surface area contributed by atoms with Crippen LogP contribution in [0.2, 0.25) is 0 Å². The van der Waals surface area contributed by atoms with E-state index in [1.807, 2.05) is 27.7 Å². The number of carbonyl (C=O) groups is 1. The predicted octanol–water partition coefficient (Wildman–Crippen LogP) is 2.30. The number of carboxylic acid groups (broad SMARTS) is 1. The number of hydrogen-bond donors (Lipinski definition) is 1. The lowest BCUT2D eigenvalue weighted by Crippen LogP contribution is -2.24. The SMILES string of the molecule is CCC(COC(C)(C)C)CC(=O)O. The smallest absolute Gasteiger partial charge is 0.303 e. The highest BCUT2D eigenvalue weighted by atomic mass is 16.5. The highest BCUT2D eigenvalue weighted by Crippen LogP contribution is 2.14. The fourth-order valence-electron chi connectivity index (χ4n) is 0.936. The Morgan fingerprint density at radius 1 is 1.46 bits per heavy atom. The summed E-state index contributed by atoms with van der Waals surface area (Å²) in [4.78, 5) is 10.4. The number of rotatable bonds is 5. The first-order valence-electron chi connectivity index (χ1n) is 4.71. The molecule has 0 aromatic carbocycles. The van der Waals surface area contributed by atoms with Crippen molar-refractivity contribution in [1.29, 1.82) is 0 Å². The second kappa shape index (κ2) is 5.22. The third-order valence-corrected chi connectivity index (χ3v) is 1.79. The molecule has 1 N–H and O–H groups in total. The molecular weight excluding hydrogens is 168 g/mol. The average molecular weight is 188 g/mol. The van der Waals surface area contributed by atoms with Crippen molar-refractivity contribution in [3.8, 4) is 0 Å². The van der Waals surface area contributed by atoms with Crippen LogP contribution >= 0.6 is 0 Å². The van der Waals surface area contributed by atoms with E-state index in [9.17, 15) is 4.79 Å². The highest BCUT2D eigenvalue weighted by Gasteiger charge is 2.16. The molecule has 0 radical (unpaired) electrons. The molecule has 0 saturated carbocycles. The van der Waals surface area contributed by atoms with E-state index in [-0.39, 0.29) is 17.9 Å². The second-order valence-electron chi connectivity index (χ2n) is 4.30. The van der Waals surface area contributed by atoms with E-state index < -0.39 is 5.97 Å². The Bertz CT molecular complexity index is 158. The fourth-order valence-corrected chi connectivity index (χ4v) is 0.936. The number of ether oxygens (including phenoxy) is 1. The lowest BCUT2D eigenvalue weighted by Gasteiger charge is -2.22. The normalized spacial score (nSPS) is 14.2. The van der Waals surface area contributed by atoms with Gasteiger partial charge in [-0.05, 0) is 26.7 Å².